The summed E-state index contributed by atoms with van der Waals surface area (Å²) in [4.78, 5) is 13.9. The molecule has 0 atom stereocenters. The topological polar surface area (TPSA) is 44.3 Å². The molecule has 1 aliphatic rings. The van der Waals surface area contributed by atoms with E-state index in [1.165, 1.54) is 0 Å². The lowest BCUT2D eigenvalue weighted by Gasteiger charge is -2.34. The van der Waals surface area contributed by atoms with Crippen molar-refractivity contribution in [2.24, 2.45) is 5.92 Å². The Balaban J connectivity index is 1.89. The highest BCUT2D eigenvalue weighted by Gasteiger charge is 2.17. The zero-order valence-electron chi connectivity index (χ0n) is 13.0. The Kier molecular flexibility index (Phi) is 5.73. The molecule has 20 heavy (non-hydrogen) atoms. The average Bonchev–Trinajstić information content (AvgIpc) is 2.47. The van der Waals surface area contributed by atoms with Crippen LogP contribution in [0.2, 0.25) is 0 Å². The standard InChI is InChI=1S/C15H27N5/c1-4-19-5-7-20(8-6-19)15-12-17-11-14(18-15)10-16-9-13(2)3/h11-13,16H,4-10H2,1-3H3. The van der Waals surface area contributed by atoms with Gasteiger partial charge in [0.25, 0.3) is 0 Å². The van der Waals surface area contributed by atoms with Crippen LogP contribution in [0.1, 0.15) is 26.5 Å². The van der Waals surface area contributed by atoms with Crippen LogP contribution in [0.3, 0.4) is 0 Å². The van der Waals surface area contributed by atoms with Crippen molar-refractivity contribution in [2.45, 2.75) is 27.3 Å². The van der Waals surface area contributed by atoms with Gasteiger partial charge in [-0.05, 0) is 19.0 Å². The third-order valence-electron chi connectivity index (χ3n) is 3.67. The second kappa shape index (κ2) is 7.55. The van der Waals surface area contributed by atoms with E-state index in [0.717, 1.165) is 57.3 Å². The Labute approximate surface area is 122 Å². The van der Waals surface area contributed by atoms with Gasteiger partial charge in [0.2, 0.25) is 0 Å². The molecule has 112 valence electrons. The average molecular weight is 277 g/mol. The minimum Gasteiger partial charge on any atom is -0.353 e. The van der Waals surface area contributed by atoms with E-state index in [0.29, 0.717) is 5.92 Å². The maximum atomic E-state index is 4.73. The van der Waals surface area contributed by atoms with Crippen molar-refractivity contribution in [1.29, 1.82) is 0 Å². The Morgan fingerprint density at radius 3 is 2.60 bits per heavy atom. The van der Waals surface area contributed by atoms with E-state index >= 15 is 0 Å². The third-order valence-corrected chi connectivity index (χ3v) is 3.67. The fraction of sp³-hybridized carbons (Fsp3) is 0.733. The monoisotopic (exact) mass is 277 g/mol. The molecule has 1 aliphatic heterocycles. The molecule has 0 saturated carbocycles. The lowest BCUT2D eigenvalue weighted by atomic mass is 10.2. The van der Waals surface area contributed by atoms with E-state index < -0.39 is 0 Å². The van der Waals surface area contributed by atoms with Crippen LogP contribution in [0, 0.1) is 5.92 Å². The minimum atomic E-state index is 0.660. The summed E-state index contributed by atoms with van der Waals surface area (Å²) in [6.07, 6.45) is 3.74. The summed E-state index contributed by atoms with van der Waals surface area (Å²) in [6, 6.07) is 0. The van der Waals surface area contributed by atoms with Crippen LogP contribution in [-0.4, -0.2) is 54.1 Å². The molecule has 0 spiro atoms. The van der Waals surface area contributed by atoms with Crippen molar-refractivity contribution in [2.75, 3.05) is 44.2 Å². The number of rotatable bonds is 6. The predicted molar refractivity (Wildman–Crippen MR) is 82.9 cm³/mol. The SMILES string of the molecule is CCN1CCN(c2cncc(CNCC(C)C)n2)CC1. The van der Waals surface area contributed by atoms with Gasteiger partial charge in [-0.1, -0.05) is 20.8 Å². The van der Waals surface area contributed by atoms with Crippen LogP contribution < -0.4 is 10.2 Å². The zero-order valence-corrected chi connectivity index (χ0v) is 13.0. The van der Waals surface area contributed by atoms with Gasteiger partial charge in [-0.25, -0.2) is 4.98 Å². The number of anilines is 1. The van der Waals surface area contributed by atoms with Crippen molar-refractivity contribution in [3.05, 3.63) is 18.1 Å². The van der Waals surface area contributed by atoms with Crippen molar-refractivity contribution < 1.29 is 0 Å². The van der Waals surface area contributed by atoms with E-state index in [2.05, 4.69) is 40.9 Å². The molecule has 1 saturated heterocycles. The summed E-state index contributed by atoms with van der Waals surface area (Å²) in [5, 5.41) is 3.42. The molecule has 1 N–H and O–H groups in total. The van der Waals surface area contributed by atoms with E-state index in [9.17, 15) is 0 Å². The van der Waals surface area contributed by atoms with Gasteiger partial charge in [-0.15, -0.1) is 0 Å². The Morgan fingerprint density at radius 1 is 1.20 bits per heavy atom. The van der Waals surface area contributed by atoms with Gasteiger partial charge < -0.3 is 15.1 Å². The van der Waals surface area contributed by atoms with Gasteiger partial charge in [-0.3, -0.25) is 4.98 Å². The molecule has 0 amide bonds. The fourth-order valence-electron chi connectivity index (χ4n) is 2.41. The summed E-state index contributed by atoms with van der Waals surface area (Å²) >= 11 is 0. The van der Waals surface area contributed by atoms with E-state index in [-0.39, 0.29) is 0 Å². The first-order valence-corrected chi connectivity index (χ1v) is 7.68. The largest absolute Gasteiger partial charge is 0.353 e. The van der Waals surface area contributed by atoms with Crippen molar-refractivity contribution >= 4 is 5.82 Å². The zero-order chi connectivity index (χ0) is 14.4. The summed E-state index contributed by atoms with van der Waals surface area (Å²) < 4.78 is 0. The highest BCUT2D eigenvalue weighted by molar-refractivity contribution is 5.37. The number of hydrogen-bond acceptors (Lipinski definition) is 5. The van der Waals surface area contributed by atoms with Crippen LogP contribution >= 0.6 is 0 Å². The molecule has 5 nitrogen and oxygen atoms in total. The van der Waals surface area contributed by atoms with Crippen LogP contribution in [0.5, 0.6) is 0 Å². The predicted octanol–water partition coefficient (Wildman–Crippen LogP) is 1.36. The third kappa shape index (κ3) is 4.42. The molecule has 1 aromatic heterocycles. The van der Waals surface area contributed by atoms with E-state index in [4.69, 9.17) is 4.98 Å². The molecule has 0 aromatic carbocycles. The molecule has 5 heteroatoms. The van der Waals surface area contributed by atoms with Crippen molar-refractivity contribution in [1.82, 2.24) is 20.2 Å². The maximum Gasteiger partial charge on any atom is 0.147 e. The van der Waals surface area contributed by atoms with Crippen LogP contribution in [-0.2, 0) is 6.54 Å². The first-order valence-electron chi connectivity index (χ1n) is 7.68. The first-order chi connectivity index (χ1) is 9.69. The Bertz CT molecular complexity index is 399. The van der Waals surface area contributed by atoms with E-state index in [1.54, 1.807) is 0 Å². The highest BCUT2D eigenvalue weighted by Crippen LogP contribution is 2.12. The first kappa shape index (κ1) is 15.2. The van der Waals surface area contributed by atoms with Crippen molar-refractivity contribution in [3.63, 3.8) is 0 Å². The number of piperazine rings is 1. The molecule has 0 unspecified atom stereocenters. The van der Waals surface area contributed by atoms with Crippen LogP contribution in [0.25, 0.3) is 0 Å². The second-order valence-electron chi connectivity index (χ2n) is 5.81. The lowest BCUT2D eigenvalue weighted by molar-refractivity contribution is 0.270. The van der Waals surface area contributed by atoms with Gasteiger partial charge in [0.1, 0.15) is 5.82 Å². The van der Waals surface area contributed by atoms with E-state index in [1.807, 2.05) is 12.4 Å². The lowest BCUT2D eigenvalue weighted by Crippen LogP contribution is -2.46. The molecular weight excluding hydrogens is 250 g/mol. The normalized spacial score (nSPS) is 16.9. The van der Waals surface area contributed by atoms with Crippen molar-refractivity contribution in [3.8, 4) is 0 Å². The summed E-state index contributed by atoms with van der Waals surface area (Å²) in [7, 11) is 0. The molecular formula is C15H27N5. The number of nitrogens with one attached hydrogen (secondary N) is 1. The Morgan fingerprint density at radius 2 is 1.95 bits per heavy atom. The second-order valence-corrected chi connectivity index (χ2v) is 5.81. The molecule has 0 aliphatic carbocycles. The highest BCUT2D eigenvalue weighted by atomic mass is 15.3. The van der Waals surface area contributed by atoms with Crippen LogP contribution in [0.4, 0.5) is 5.82 Å². The minimum absolute atomic E-state index is 0.660. The summed E-state index contributed by atoms with van der Waals surface area (Å²) in [5.74, 6) is 1.68. The van der Waals surface area contributed by atoms with Gasteiger partial charge in [0, 0.05) is 38.9 Å². The number of nitrogens with zero attached hydrogens (tertiary/aromatic N) is 4. The summed E-state index contributed by atoms with van der Waals surface area (Å²) in [6.45, 7) is 13.9. The number of hydrogen-bond donors (Lipinski definition) is 1. The molecule has 0 radical (unpaired) electrons. The van der Waals surface area contributed by atoms with Gasteiger partial charge >= 0.3 is 0 Å². The quantitative estimate of drug-likeness (QED) is 0.850. The molecule has 2 rings (SSSR count). The molecule has 1 aromatic rings. The van der Waals surface area contributed by atoms with Crippen LogP contribution in [0.15, 0.2) is 12.4 Å². The number of likely N-dealkylation sites (N-methyl/N-ethyl adjacent to an activating group) is 1. The fourth-order valence-corrected chi connectivity index (χ4v) is 2.41. The Hall–Kier alpha value is -1.20. The molecule has 2 heterocycles. The maximum absolute atomic E-state index is 4.73. The smallest absolute Gasteiger partial charge is 0.147 e. The van der Waals surface area contributed by atoms with Gasteiger partial charge in [0.15, 0.2) is 0 Å². The molecule has 0 bridgehead atoms. The van der Waals surface area contributed by atoms with Gasteiger partial charge in [-0.2, -0.15) is 0 Å². The summed E-state index contributed by atoms with van der Waals surface area (Å²) in [5.41, 5.74) is 1.03. The molecule has 1 fully saturated rings. The van der Waals surface area contributed by atoms with Gasteiger partial charge in [0.05, 0.1) is 11.9 Å². The number of aromatic nitrogens is 2.